The molecule has 3 rings (SSSR count). The molecule has 1 amide bonds. The number of fused-ring (bicyclic) bond motifs is 1. The molecule has 2 aromatic rings. The fraction of sp³-hybridized carbons (Fsp3) is 0.316. The lowest BCUT2D eigenvalue weighted by molar-refractivity contribution is -0.131. The minimum atomic E-state index is -0.668. The van der Waals surface area contributed by atoms with Crippen molar-refractivity contribution in [1.29, 1.82) is 0 Å². The molecule has 1 heterocycles. The summed E-state index contributed by atoms with van der Waals surface area (Å²) >= 11 is 0. The number of carbonyl (C=O) groups is 1. The standard InChI is InChI=1S/C19H21NO5/c1-13(11-23-15-9-7-14(22-2)8-10-15)20-19(21)18-12-24-16-5-3-4-6-17(16)25-18/h3-10,13,18H,11-12H2,1-2H3,(H,20,21)/t13-,18-/m1/s1. The van der Waals surface area contributed by atoms with Crippen molar-refractivity contribution in [1.82, 2.24) is 5.32 Å². The predicted molar refractivity (Wildman–Crippen MR) is 92.4 cm³/mol. The van der Waals surface area contributed by atoms with E-state index in [4.69, 9.17) is 18.9 Å². The first-order valence-electron chi connectivity index (χ1n) is 8.11. The lowest BCUT2D eigenvalue weighted by atomic mass is 10.2. The van der Waals surface area contributed by atoms with Gasteiger partial charge in [0.05, 0.1) is 13.2 Å². The molecule has 25 heavy (non-hydrogen) atoms. The summed E-state index contributed by atoms with van der Waals surface area (Å²) in [5.74, 6) is 2.50. The molecule has 0 saturated heterocycles. The van der Waals surface area contributed by atoms with Crippen LogP contribution in [0, 0.1) is 0 Å². The molecule has 0 saturated carbocycles. The molecular weight excluding hydrogens is 322 g/mol. The molecule has 2 atom stereocenters. The van der Waals surface area contributed by atoms with Gasteiger partial charge in [-0.15, -0.1) is 0 Å². The number of rotatable bonds is 6. The zero-order valence-corrected chi connectivity index (χ0v) is 14.2. The van der Waals surface area contributed by atoms with E-state index in [1.165, 1.54) is 0 Å². The van der Waals surface area contributed by atoms with Crippen molar-refractivity contribution in [2.45, 2.75) is 19.1 Å². The van der Waals surface area contributed by atoms with Gasteiger partial charge in [-0.3, -0.25) is 4.79 Å². The Bertz CT molecular complexity index is 716. The average molecular weight is 343 g/mol. The van der Waals surface area contributed by atoms with Gasteiger partial charge in [-0.05, 0) is 43.3 Å². The largest absolute Gasteiger partial charge is 0.497 e. The summed E-state index contributed by atoms with van der Waals surface area (Å²) in [6.45, 7) is 2.41. The Kier molecular flexibility index (Phi) is 5.28. The maximum absolute atomic E-state index is 12.3. The maximum atomic E-state index is 12.3. The second kappa shape index (κ2) is 7.79. The molecule has 0 spiro atoms. The Morgan fingerprint density at radius 2 is 1.84 bits per heavy atom. The van der Waals surface area contributed by atoms with Gasteiger partial charge in [0.2, 0.25) is 6.10 Å². The normalized spacial score (nSPS) is 16.6. The molecule has 0 unspecified atom stereocenters. The Labute approximate surface area is 146 Å². The average Bonchev–Trinajstić information content (AvgIpc) is 2.66. The van der Waals surface area contributed by atoms with Crippen molar-refractivity contribution < 1.29 is 23.7 Å². The van der Waals surface area contributed by atoms with Crippen LogP contribution in [0.15, 0.2) is 48.5 Å². The van der Waals surface area contributed by atoms with Crippen molar-refractivity contribution in [3.63, 3.8) is 0 Å². The van der Waals surface area contributed by atoms with Crippen molar-refractivity contribution >= 4 is 5.91 Å². The zero-order valence-electron chi connectivity index (χ0n) is 14.2. The number of amides is 1. The van der Waals surface area contributed by atoms with Gasteiger partial charge in [0.15, 0.2) is 11.5 Å². The van der Waals surface area contributed by atoms with E-state index in [2.05, 4.69) is 5.32 Å². The maximum Gasteiger partial charge on any atom is 0.265 e. The number of hydrogen-bond acceptors (Lipinski definition) is 5. The number of nitrogens with one attached hydrogen (secondary N) is 1. The molecule has 132 valence electrons. The van der Waals surface area contributed by atoms with Crippen LogP contribution >= 0.6 is 0 Å². The third kappa shape index (κ3) is 4.35. The molecule has 1 aliphatic heterocycles. The van der Waals surface area contributed by atoms with Crippen LogP contribution in [0.4, 0.5) is 0 Å². The van der Waals surface area contributed by atoms with Gasteiger partial charge < -0.3 is 24.3 Å². The van der Waals surface area contributed by atoms with E-state index >= 15 is 0 Å². The number of para-hydroxylation sites is 2. The van der Waals surface area contributed by atoms with Crippen LogP contribution in [0.3, 0.4) is 0 Å². The minimum Gasteiger partial charge on any atom is -0.497 e. The van der Waals surface area contributed by atoms with E-state index in [-0.39, 0.29) is 18.6 Å². The molecule has 6 heteroatoms. The summed E-state index contributed by atoms with van der Waals surface area (Å²) in [7, 11) is 1.61. The molecule has 0 aromatic heterocycles. The van der Waals surface area contributed by atoms with Gasteiger partial charge in [-0.1, -0.05) is 12.1 Å². The Balaban J connectivity index is 1.47. The first kappa shape index (κ1) is 17.0. The van der Waals surface area contributed by atoms with Crippen molar-refractivity contribution in [3.8, 4) is 23.0 Å². The van der Waals surface area contributed by atoms with E-state index in [9.17, 15) is 4.79 Å². The van der Waals surface area contributed by atoms with E-state index in [0.29, 0.717) is 23.9 Å². The van der Waals surface area contributed by atoms with E-state index in [1.807, 2.05) is 49.4 Å². The van der Waals surface area contributed by atoms with Crippen molar-refractivity contribution in [3.05, 3.63) is 48.5 Å². The smallest absolute Gasteiger partial charge is 0.265 e. The van der Waals surface area contributed by atoms with Gasteiger partial charge in [0.25, 0.3) is 5.91 Å². The van der Waals surface area contributed by atoms with Crippen LogP contribution in [0.2, 0.25) is 0 Å². The highest BCUT2D eigenvalue weighted by molar-refractivity contribution is 5.82. The molecule has 1 N–H and O–H groups in total. The second-order valence-corrected chi connectivity index (χ2v) is 5.76. The highest BCUT2D eigenvalue weighted by Gasteiger charge is 2.28. The summed E-state index contributed by atoms with van der Waals surface area (Å²) < 4.78 is 22.0. The number of methoxy groups -OCH3 is 1. The highest BCUT2D eigenvalue weighted by Crippen LogP contribution is 2.30. The van der Waals surface area contributed by atoms with Crippen LogP contribution in [-0.2, 0) is 4.79 Å². The Hall–Kier alpha value is -2.89. The SMILES string of the molecule is COc1ccc(OC[C@@H](C)NC(=O)[C@H]2COc3ccccc3O2)cc1. The number of carbonyl (C=O) groups excluding carboxylic acids is 1. The van der Waals surface area contributed by atoms with Crippen LogP contribution in [0.1, 0.15) is 6.92 Å². The topological polar surface area (TPSA) is 66.0 Å². The predicted octanol–water partition coefficient (Wildman–Crippen LogP) is 2.42. The number of hydrogen-bond donors (Lipinski definition) is 1. The third-order valence-corrected chi connectivity index (χ3v) is 3.75. The van der Waals surface area contributed by atoms with Crippen molar-refractivity contribution in [2.24, 2.45) is 0 Å². The lowest BCUT2D eigenvalue weighted by Crippen LogP contribution is -2.48. The third-order valence-electron chi connectivity index (χ3n) is 3.75. The molecule has 2 aromatic carbocycles. The second-order valence-electron chi connectivity index (χ2n) is 5.76. The quantitative estimate of drug-likeness (QED) is 0.873. The van der Waals surface area contributed by atoms with Crippen LogP contribution in [0.5, 0.6) is 23.0 Å². The van der Waals surface area contributed by atoms with E-state index in [1.54, 1.807) is 13.2 Å². The summed E-state index contributed by atoms with van der Waals surface area (Å²) in [6, 6.07) is 14.4. The monoisotopic (exact) mass is 343 g/mol. The minimum absolute atomic E-state index is 0.171. The highest BCUT2D eigenvalue weighted by atomic mass is 16.6. The van der Waals surface area contributed by atoms with Gasteiger partial charge >= 0.3 is 0 Å². The Morgan fingerprint density at radius 1 is 1.16 bits per heavy atom. The Morgan fingerprint density at radius 3 is 2.56 bits per heavy atom. The van der Waals surface area contributed by atoms with Crippen LogP contribution < -0.4 is 24.3 Å². The van der Waals surface area contributed by atoms with E-state index < -0.39 is 6.10 Å². The van der Waals surface area contributed by atoms with Gasteiger partial charge in [-0.25, -0.2) is 0 Å². The van der Waals surface area contributed by atoms with Crippen molar-refractivity contribution in [2.75, 3.05) is 20.3 Å². The molecule has 0 fully saturated rings. The van der Waals surface area contributed by atoms with Gasteiger partial charge in [0.1, 0.15) is 24.7 Å². The summed E-state index contributed by atoms with van der Waals surface area (Å²) in [4.78, 5) is 12.3. The van der Waals surface area contributed by atoms with Gasteiger partial charge in [-0.2, -0.15) is 0 Å². The molecule has 0 bridgehead atoms. The molecule has 6 nitrogen and oxygen atoms in total. The summed E-state index contributed by atoms with van der Waals surface area (Å²) in [5, 5.41) is 2.88. The summed E-state index contributed by atoms with van der Waals surface area (Å²) in [6.07, 6.45) is -0.668. The summed E-state index contributed by atoms with van der Waals surface area (Å²) in [5.41, 5.74) is 0. The molecular formula is C19H21NO5. The first-order valence-corrected chi connectivity index (χ1v) is 8.11. The molecule has 0 radical (unpaired) electrons. The fourth-order valence-electron chi connectivity index (χ4n) is 2.42. The molecule has 1 aliphatic rings. The van der Waals surface area contributed by atoms with Gasteiger partial charge in [0, 0.05) is 0 Å². The first-order chi connectivity index (χ1) is 12.2. The lowest BCUT2D eigenvalue weighted by Gasteiger charge is -2.26. The van der Waals surface area contributed by atoms with Crippen LogP contribution in [0.25, 0.3) is 0 Å². The fourth-order valence-corrected chi connectivity index (χ4v) is 2.42. The zero-order chi connectivity index (χ0) is 17.6. The van der Waals surface area contributed by atoms with Crippen LogP contribution in [-0.4, -0.2) is 38.4 Å². The van der Waals surface area contributed by atoms with E-state index in [0.717, 1.165) is 5.75 Å². The molecule has 0 aliphatic carbocycles. The number of ether oxygens (including phenoxy) is 4. The number of benzene rings is 2.